The summed E-state index contributed by atoms with van der Waals surface area (Å²) < 4.78 is 24.8. The van der Waals surface area contributed by atoms with E-state index in [0.717, 1.165) is 0 Å². The van der Waals surface area contributed by atoms with E-state index in [-0.39, 0.29) is 0 Å². The summed E-state index contributed by atoms with van der Waals surface area (Å²) in [6, 6.07) is 0. The molecule has 0 aliphatic heterocycles. The summed E-state index contributed by atoms with van der Waals surface area (Å²) in [6.07, 6.45) is 1.29. The molecule has 1 aromatic heterocycles. The van der Waals surface area contributed by atoms with Crippen LogP contribution >= 0.6 is 15.9 Å². The molecular weight excluding hydrogens is 206 g/mol. The molecule has 0 fully saturated rings. The predicted molar refractivity (Wildman–Crippen MR) is 35.9 cm³/mol. The fourth-order valence-corrected chi connectivity index (χ4v) is 0.846. The largest absolute Gasteiger partial charge is 0.333 e. The zero-order valence-corrected chi connectivity index (χ0v) is 6.77. The van der Waals surface area contributed by atoms with Gasteiger partial charge in [0.05, 0.1) is 0 Å². The van der Waals surface area contributed by atoms with Crippen molar-refractivity contribution in [2.24, 2.45) is 0 Å². The van der Waals surface area contributed by atoms with Gasteiger partial charge in [0, 0.05) is 11.8 Å². The van der Waals surface area contributed by atoms with E-state index in [4.69, 9.17) is 0 Å². The van der Waals surface area contributed by atoms with E-state index >= 15 is 0 Å². The highest BCUT2D eigenvalue weighted by Crippen LogP contribution is 2.16. The minimum atomic E-state index is -2.55. The number of hydrogen-bond donors (Lipinski definition) is 0. The van der Waals surface area contributed by atoms with Crippen LogP contribution in [0.2, 0.25) is 0 Å². The Kier molecular flexibility index (Phi) is 2.03. The van der Waals surface area contributed by atoms with Crippen molar-refractivity contribution in [3.05, 3.63) is 16.4 Å². The number of alkyl halides is 2. The Morgan fingerprint density at radius 2 is 2.30 bits per heavy atom. The van der Waals surface area contributed by atoms with Crippen LogP contribution in [0.25, 0.3) is 0 Å². The zero-order valence-electron chi connectivity index (χ0n) is 5.18. The first-order chi connectivity index (χ1) is 4.61. The summed E-state index contributed by atoms with van der Waals surface area (Å²) in [5.74, 6) is 0. The van der Waals surface area contributed by atoms with Crippen LogP contribution in [0.15, 0.2) is 10.8 Å². The maximum absolute atomic E-state index is 11.8. The number of halogens is 3. The summed E-state index contributed by atoms with van der Waals surface area (Å²) in [7, 11) is 0. The molecule has 0 aromatic carbocycles. The van der Waals surface area contributed by atoms with Crippen LogP contribution in [0.5, 0.6) is 0 Å². The average Bonchev–Trinajstić information content (AvgIpc) is 2.13. The maximum atomic E-state index is 11.8. The fraction of sp³-hybridized carbons (Fsp3) is 0.400. The molecule has 0 saturated carbocycles. The highest BCUT2D eigenvalue weighted by atomic mass is 79.9. The van der Waals surface area contributed by atoms with Crippen LogP contribution < -0.4 is 0 Å². The Hall–Kier alpha value is -0.450. The molecule has 0 aliphatic carbocycles. The quantitative estimate of drug-likeness (QED) is 0.696. The van der Waals surface area contributed by atoms with Crippen molar-refractivity contribution in [1.29, 1.82) is 0 Å². The molecule has 1 rings (SSSR count). The first-order valence-corrected chi connectivity index (χ1v) is 3.40. The molecule has 5 heteroatoms. The lowest BCUT2D eigenvalue weighted by Gasteiger charge is -1.94. The fourth-order valence-electron chi connectivity index (χ4n) is 0.561. The van der Waals surface area contributed by atoms with Gasteiger partial charge < -0.3 is 0 Å². The third-order valence-corrected chi connectivity index (χ3v) is 1.84. The van der Waals surface area contributed by atoms with Gasteiger partial charge in [-0.1, -0.05) is 0 Å². The average molecular weight is 211 g/mol. The summed E-state index contributed by atoms with van der Waals surface area (Å²) in [5.41, 5.74) is 0.709. The van der Waals surface area contributed by atoms with Gasteiger partial charge in [-0.05, 0) is 22.9 Å². The molecule has 0 amide bonds. The third-order valence-electron chi connectivity index (χ3n) is 1.05. The number of aryl methyl sites for hydroxylation is 1. The van der Waals surface area contributed by atoms with E-state index in [1.54, 1.807) is 6.92 Å². The van der Waals surface area contributed by atoms with E-state index in [9.17, 15) is 8.78 Å². The second-order valence-corrected chi connectivity index (χ2v) is 2.61. The van der Waals surface area contributed by atoms with E-state index in [1.165, 1.54) is 6.20 Å². The Morgan fingerprint density at radius 3 is 2.50 bits per heavy atom. The first kappa shape index (κ1) is 7.65. The van der Waals surface area contributed by atoms with Gasteiger partial charge in [-0.15, -0.1) is 0 Å². The molecule has 0 aliphatic rings. The highest BCUT2D eigenvalue weighted by Gasteiger charge is 2.08. The van der Waals surface area contributed by atoms with Crippen molar-refractivity contribution < 1.29 is 8.78 Å². The smallest absolute Gasteiger partial charge is 0.210 e. The molecule has 0 saturated heterocycles. The molecule has 1 heterocycles. The molecule has 2 nitrogen and oxygen atoms in total. The van der Waals surface area contributed by atoms with Gasteiger partial charge in [-0.2, -0.15) is 13.9 Å². The number of rotatable bonds is 1. The molecule has 1 aromatic rings. The maximum Gasteiger partial charge on any atom is 0.333 e. The van der Waals surface area contributed by atoms with Crippen LogP contribution in [0.4, 0.5) is 8.78 Å². The summed E-state index contributed by atoms with van der Waals surface area (Å²) in [6.45, 7) is -0.847. The standard InChI is InChI=1S/C5H5BrF2N2/c1-3-2-10(5(7)8)9-4(3)6/h2,5H,1H3. The number of nitrogens with zero attached hydrogens (tertiary/aromatic N) is 2. The number of hydrogen-bond acceptors (Lipinski definition) is 1. The van der Waals surface area contributed by atoms with Gasteiger partial charge >= 0.3 is 6.55 Å². The zero-order chi connectivity index (χ0) is 7.72. The van der Waals surface area contributed by atoms with Crippen molar-refractivity contribution >= 4 is 15.9 Å². The van der Waals surface area contributed by atoms with E-state index < -0.39 is 6.55 Å². The topological polar surface area (TPSA) is 17.8 Å². The minimum absolute atomic E-state index is 0.466. The molecular formula is C5H5BrF2N2. The lowest BCUT2D eigenvalue weighted by molar-refractivity contribution is 0.0562. The van der Waals surface area contributed by atoms with Crippen molar-refractivity contribution in [3.63, 3.8) is 0 Å². The van der Waals surface area contributed by atoms with E-state index in [2.05, 4.69) is 21.0 Å². The molecule has 0 N–H and O–H groups in total. The van der Waals surface area contributed by atoms with Crippen molar-refractivity contribution in [2.75, 3.05) is 0 Å². The monoisotopic (exact) mass is 210 g/mol. The van der Waals surface area contributed by atoms with Crippen LogP contribution in [0.3, 0.4) is 0 Å². The molecule has 56 valence electrons. The molecule has 0 unspecified atom stereocenters. The van der Waals surface area contributed by atoms with Gasteiger partial charge in [0.1, 0.15) is 4.60 Å². The SMILES string of the molecule is Cc1cn(C(F)F)nc1Br. The van der Waals surface area contributed by atoms with Crippen molar-refractivity contribution in [1.82, 2.24) is 9.78 Å². The molecule has 0 radical (unpaired) electrons. The van der Waals surface area contributed by atoms with Gasteiger partial charge in [-0.3, -0.25) is 0 Å². The van der Waals surface area contributed by atoms with Crippen LogP contribution in [-0.2, 0) is 0 Å². The third kappa shape index (κ3) is 1.34. The van der Waals surface area contributed by atoms with Gasteiger partial charge in [0.15, 0.2) is 0 Å². The Balaban J connectivity index is 2.98. The minimum Gasteiger partial charge on any atom is -0.210 e. The predicted octanol–water partition coefficient (Wildman–Crippen LogP) is 2.35. The lowest BCUT2D eigenvalue weighted by Crippen LogP contribution is -1.97. The Morgan fingerprint density at radius 1 is 1.70 bits per heavy atom. The van der Waals surface area contributed by atoms with Crippen LogP contribution in [-0.4, -0.2) is 9.78 Å². The Labute approximate surface area is 65.0 Å². The van der Waals surface area contributed by atoms with Crippen molar-refractivity contribution in [2.45, 2.75) is 13.5 Å². The second-order valence-electron chi connectivity index (χ2n) is 1.86. The van der Waals surface area contributed by atoms with Gasteiger partial charge in [0.2, 0.25) is 0 Å². The second kappa shape index (κ2) is 2.65. The highest BCUT2D eigenvalue weighted by molar-refractivity contribution is 9.10. The summed E-state index contributed by atoms with van der Waals surface area (Å²) in [4.78, 5) is 0. The lowest BCUT2D eigenvalue weighted by atomic mass is 10.4. The van der Waals surface area contributed by atoms with Crippen LogP contribution in [0, 0.1) is 6.92 Å². The van der Waals surface area contributed by atoms with Gasteiger partial charge in [0.25, 0.3) is 0 Å². The molecule has 10 heavy (non-hydrogen) atoms. The summed E-state index contributed by atoms with van der Waals surface area (Å²) >= 11 is 3.02. The molecule has 0 bridgehead atoms. The van der Waals surface area contributed by atoms with Crippen LogP contribution in [0.1, 0.15) is 12.1 Å². The van der Waals surface area contributed by atoms with E-state index in [0.29, 0.717) is 14.8 Å². The van der Waals surface area contributed by atoms with Gasteiger partial charge in [-0.25, -0.2) is 4.68 Å². The van der Waals surface area contributed by atoms with E-state index in [1.807, 2.05) is 0 Å². The Bertz CT molecular complexity index is 214. The normalized spacial score (nSPS) is 10.9. The number of aromatic nitrogens is 2. The first-order valence-electron chi connectivity index (χ1n) is 2.60. The molecule has 0 atom stereocenters. The van der Waals surface area contributed by atoms with Crippen molar-refractivity contribution in [3.8, 4) is 0 Å². The molecule has 0 spiro atoms. The summed E-state index contributed by atoms with van der Waals surface area (Å²) in [5, 5.41) is 3.49.